The third-order valence-corrected chi connectivity index (χ3v) is 7.24. The van der Waals surface area contributed by atoms with E-state index in [1.807, 2.05) is 0 Å². The molecule has 0 unspecified atom stereocenters. The highest BCUT2D eigenvalue weighted by Gasteiger charge is 2.44. The number of hydrogen-bond donors (Lipinski definition) is 1. The van der Waals surface area contributed by atoms with Crippen molar-refractivity contribution >= 4 is 0 Å². The van der Waals surface area contributed by atoms with Gasteiger partial charge in [-0.3, -0.25) is 9.80 Å². The first-order valence-electron chi connectivity index (χ1n) is 11.7. The Morgan fingerprint density at radius 2 is 1.79 bits per heavy atom. The molecule has 29 heavy (non-hydrogen) atoms. The number of nitrogens with zero attached hydrogens (tertiary/aromatic N) is 3. The van der Waals surface area contributed by atoms with Crippen LogP contribution in [-0.2, 0) is 6.54 Å². The summed E-state index contributed by atoms with van der Waals surface area (Å²) < 4.78 is 6.23. The van der Waals surface area contributed by atoms with Gasteiger partial charge in [0, 0.05) is 43.7 Å². The van der Waals surface area contributed by atoms with Gasteiger partial charge in [-0.25, -0.2) is 0 Å². The second kappa shape index (κ2) is 9.78. The molecule has 3 aliphatic heterocycles. The molecule has 4 rings (SSSR count). The second-order valence-corrected chi connectivity index (χ2v) is 9.58. The van der Waals surface area contributed by atoms with Crippen molar-refractivity contribution in [2.24, 2.45) is 5.41 Å². The van der Waals surface area contributed by atoms with Gasteiger partial charge in [0.2, 0.25) is 0 Å². The molecule has 1 aromatic rings. The summed E-state index contributed by atoms with van der Waals surface area (Å²) in [5.74, 6) is 1.03. The summed E-state index contributed by atoms with van der Waals surface area (Å²) in [5.41, 5.74) is 1.32. The number of rotatable bonds is 6. The molecule has 3 aliphatic rings. The molecule has 5 nitrogen and oxygen atoms in total. The number of benzene rings is 1. The predicted octanol–water partition coefficient (Wildman–Crippen LogP) is 2.83. The van der Waals surface area contributed by atoms with Gasteiger partial charge in [0.1, 0.15) is 12.4 Å². The van der Waals surface area contributed by atoms with Crippen LogP contribution in [0.25, 0.3) is 0 Å². The van der Waals surface area contributed by atoms with Crippen LogP contribution in [0.5, 0.6) is 5.75 Å². The number of ether oxygens (including phenoxy) is 1. The van der Waals surface area contributed by atoms with Crippen molar-refractivity contribution in [1.82, 2.24) is 14.7 Å². The van der Waals surface area contributed by atoms with Gasteiger partial charge >= 0.3 is 0 Å². The average Bonchev–Trinajstić information content (AvgIpc) is 2.73. The van der Waals surface area contributed by atoms with Crippen LogP contribution >= 0.6 is 0 Å². The predicted molar refractivity (Wildman–Crippen MR) is 117 cm³/mol. The molecular weight excluding hydrogens is 362 g/mol. The van der Waals surface area contributed by atoms with E-state index in [4.69, 9.17) is 4.74 Å². The summed E-state index contributed by atoms with van der Waals surface area (Å²) in [5, 5.41) is 10.8. The standard InChI is InChI=1S/C24H39N3O2/c1-25-15-10-23(28)24(19-25)11-7-14-27(20-24)18-21-8-3-4-9-22(21)29-17-16-26-12-5-2-6-13-26/h3-4,8-9,23,28H,2,5-7,10-20H2,1H3/t23-,24-/m0/s1. The number of likely N-dealkylation sites (tertiary alicyclic amines) is 3. The Morgan fingerprint density at radius 1 is 1.00 bits per heavy atom. The van der Waals surface area contributed by atoms with Gasteiger partial charge in [-0.2, -0.15) is 0 Å². The highest BCUT2D eigenvalue weighted by molar-refractivity contribution is 5.33. The fraction of sp³-hybridized carbons (Fsp3) is 0.750. The minimum atomic E-state index is -0.169. The van der Waals surface area contributed by atoms with E-state index in [0.717, 1.165) is 64.5 Å². The van der Waals surface area contributed by atoms with Gasteiger partial charge in [0.05, 0.1) is 6.10 Å². The van der Waals surface area contributed by atoms with Crippen molar-refractivity contribution in [3.63, 3.8) is 0 Å². The number of aliphatic hydroxyl groups is 1. The molecule has 3 saturated heterocycles. The quantitative estimate of drug-likeness (QED) is 0.794. The summed E-state index contributed by atoms with van der Waals surface area (Å²) in [6.07, 6.45) is 7.08. The zero-order chi connectivity index (χ0) is 20.1. The number of piperidine rings is 3. The molecule has 3 fully saturated rings. The third kappa shape index (κ3) is 5.32. The van der Waals surface area contributed by atoms with Crippen molar-refractivity contribution in [3.05, 3.63) is 29.8 Å². The molecule has 0 saturated carbocycles. The molecule has 0 aromatic heterocycles. The Hall–Kier alpha value is -1.14. The molecule has 0 radical (unpaired) electrons. The minimum absolute atomic E-state index is 0.0370. The van der Waals surface area contributed by atoms with Crippen LogP contribution in [-0.4, -0.2) is 85.4 Å². The topological polar surface area (TPSA) is 39.2 Å². The molecule has 1 spiro atoms. The maximum Gasteiger partial charge on any atom is 0.123 e. The Balaban J connectivity index is 1.35. The van der Waals surface area contributed by atoms with Gasteiger partial charge in [0.15, 0.2) is 0 Å². The molecule has 1 N–H and O–H groups in total. The van der Waals surface area contributed by atoms with Crippen molar-refractivity contribution in [2.75, 3.05) is 59.5 Å². The fourth-order valence-corrected chi connectivity index (χ4v) is 5.65. The highest BCUT2D eigenvalue weighted by atomic mass is 16.5. The summed E-state index contributed by atoms with van der Waals surface area (Å²) in [6, 6.07) is 8.53. The summed E-state index contributed by atoms with van der Waals surface area (Å²) in [4.78, 5) is 7.47. The van der Waals surface area contributed by atoms with Crippen molar-refractivity contribution in [1.29, 1.82) is 0 Å². The number of para-hydroxylation sites is 1. The van der Waals surface area contributed by atoms with E-state index in [1.165, 1.54) is 44.3 Å². The van der Waals surface area contributed by atoms with Gasteiger partial charge in [-0.1, -0.05) is 24.6 Å². The van der Waals surface area contributed by atoms with E-state index < -0.39 is 0 Å². The van der Waals surface area contributed by atoms with Crippen LogP contribution in [0.3, 0.4) is 0 Å². The third-order valence-electron chi connectivity index (χ3n) is 7.24. The Labute approximate surface area is 176 Å². The Morgan fingerprint density at radius 3 is 2.66 bits per heavy atom. The largest absolute Gasteiger partial charge is 0.492 e. The molecule has 0 bridgehead atoms. The van der Waals surface area contributed by atoms with Gasteiger partial charge < -0.3 is 14.7 Å². The lowest BCUT2D eigenvalue weighted by Crippen LogP contribution is -2.58. The molecule has 0 aliphatic carbocycles. The van der Waals surface area contributed by atoms with Gasteiger partial charge in [0.25, 0.3) is 0 Å². The molecular formula is C24H39N3O2. The maximum absolute atomic E-state index is 10.8. The molecule has 3 heterocycles. The lowest BCUT2D eigenvalue weighted by atomic mass is 9.71. The number of aliphatic hydroxyl groups excluding tert-OH is 1. The number of hydrogen-bond acceptors (Lipinski definition) is 5. The average molecular weight is 402 g/mol. The molecule has 5 heteroatoms. The summed E-state index contributed by atoms with van der Waals surface area (Å²) >= 11 is 0. The molecule has 162 valence electrons. The Kier molecular flexibility index (Phi) is 7.12. The van der Waals surface area contributed by atoms with E-state index in [1.54, 1.807) is 0 Å². The first-order chi connectivity index (χ1) is 14.1. The summed E-state index contributed by atoms with van der Waals surface area (Å²) in [7, 11) is 2.19. The van der Waals surface area contributed by atoms with Crippen LogP contribution in [0.15, 0.2) is 24.3 Å². The van der Waals surface area contributed by atoms with E-state index in [-0.39, 0.29) is 11.5 Å². The van der Waals surface area contributed by atoms with Crippen LogP contribution in [0, 0.1) is 5.41 Å². The zero-order valence-electron chi connectivity index (χ0n) is 18.2. The second-order valence-electron chi connectivity index (χ2n) is 9.58. The lowest BCUT2D eigenvalue weighted by Gasteiger charge is -2.50. The van der Waals surface area contributed by atoms with Crippen LogP contribution in [0.4, 0.5) is 0 Å². The van der Waals surface area contributed by atoms with Gasteiger partial charge in [-0.15, -0.1) is 0 Å². The first-order valence-corrected chi connectivity index (χ1v) is 11.7. The van der Waals surface area contributed by atoms with E-state index >= 15 is 0 Å². The lowest BCUT2D eigenvalue weighted by molar-refractivity contribution is -0.0808. The monoisotopic (exact) mass is 401 g/mol. The van der Waals surface area contributed by atoms with Crippen molar-refractivity contribution in [3.8, 4) is 5.75 Å². The smallest absolute Gasteiger partial charge is 0.123 e. The Bertz CT molecular complexity index is 649. The van der Waals surface area contributed by atoms with E-state index in [0.29, 0.717) is 0 Å². The summed E-state index contributed by atoms with van der Waals surface area (Å²) in [6.45, 7) is 9.27. The van der Waals surface area contributed by atoms with Crippen LogP contribution in [0.2, 0.25) is 0 Å². The van der Waals surface area contributed by atoms with Crippen molar-refractivity contribution in [2.45, 2.75) is 51.2 Å². The molecule has 2 atom stereocenters. The van der Waals surface area contributed by atoms with E-state index in [2.05, 4.69) is 46.0 Å². The zero-order valence-corrected chi connectivity index (χ0v) is 18.2. The molecule has 0 amide bonds. The van der Waals surface area contributed by atoms with E-state index in [9.17, 15) is 5.11 Å². The fourth-order valence-electron chi connectivity index (χ4n) is 5.65. The minimum Gasteiger partial charge on any atom is -0.492 e. The highest BCUT2D eigenvalue weighted by Crippen LogP contribution is 2.39. The van der Waals surface area contributed by atoms with Crippen LogP contribution < -0.4 is 4.74 Å². The SMILES string of the molecule is CN1CC[C@H](O)[C@@]2(CCCN(Cc3ccccc3OCCN3CCCCC3)C2)C1. The molecule has 1 aromatic carbocycles. The first kappa shape index (κ1) is 21.1. The van der Waals surface area contributed by atoms with Crippen molar-refractivity contribution < 1.29 is 9.84 Å². The van der Waals surface area contributed by atoms with Crippen LogP contribution in [0.1, 0.15) is 44.1 Å². The normalized spacial score (nSPS) is 29.9. The van der Waals surface area contributed by atoms with Gasteiger partial charge in [-0.05, 0) is 64.9 Å². The maximum atomic E-state index is 10.8.